The third-order valence-electron chi connectivity index (χ3n) is 7.40. The molecule has 3 aliphatic rings. The number of aliphatic hydroxyl groups is 1. The molecule has 122 valence electrons. The third-order valence-corrected chi connectivity index (χ3v) is 7.40. The predicted molar refractivity (Wildman–Crippen MR) is 87.9 cm³/mol. The van der Waals surface area contributed by atoms with Crippen LogP contribution in [0.4, 0.5) is 0 Å². The van der Waals surface area contributed by atoms with Gasteiger partial charge in [0.15, 0.2) is 0 Å². The van der Waals surface area contributed by atoms with Gasteiger partial charge in [0.05, 0.1) is 18.1 Å². The normalized spacial score (nSPS) is 41.5. The van der Waals surface area contributed by atoms with E-state index in [1.807, 2.05) is 12.1 Å². The van der Waals surface area contributed by atoms with Gasteiger partial charge in [-0.1, -0.05) is 13.0 Å². The van der Waals surface area contributed by atoms with Crippen LogP contribution in [-0.4, -0.2) is 15.8 Å². The maximum Gasteiger partial charge on any atom is 0.115 e. The molecular weight excluding hydrogens is 286 g/mol. The Hall–Kier alpha value is -1.53. The second-order valence-corrected chi connectivity index (χ2v) is 8.16. The lowest BCUT2D eigenvalue weighted by Crippen LogP contribution is -2.50. The Labute approximate surface area is 138 Å². The molecule has 5 atom stereocenters. The number of aromatic hydroxyl groups is 1. The molecule has 0 heterocycles. The molecule has 3 heteroatoms. The largest absolute Gasteiger partial charge is 0.508 e. The summed E-state index contributed by atoms with van der Waals surface area (Å²) in [4.78, 5) is 0. The Morgan fingerprint density at radius 2 is 2.09 bits per heavy atom. The highest BCUT2D eigenvalue weighted by Gasteiger charge is 2.61. The van der Waals surface area contributed by atoms with Crippen molar-refractivity contribution in [2.75, 3.05) is 0 Å². The smallest absolute Gasteiger partial charge is 0.115 e. The standard InChI is InChI=1S/C20H25NO2/c1-19-8-6-16-15-5-3-14(22)12-13(15)2-4-17(16)18(19)7-9-20(19,23)10-11-21/h3,5,12,16-18,22-23H,2,4,6-10H2,1H3. The number of benzene rings is 1. The van der Waals surface area contributed by atoms with Crippen LogP contribution in [0, 0.1) is 28.6 Å². The Kier molecular flexibility index (Phi) is 3.25. The van der Waals surface area contributed by atoms with Crippen LogP contribution in [0.2, 0.25) is 0 Å². The summed E-state index contributed by atoms with van der Waals surface area (Å²) in [5.74, 6) is 2.05. The SMILES string of the molecule is CC12CCC3c4ccc(O)cc4CCC3C1CCC2(O)CC#N. The van der Waals surface area contributed by atoms with E-state index in [-0.39, 0.29) is 11.8 Å². The Balaban J connectivity index is 1.69. The van der Waals surface area contributed by atoms with Gasteiger partial charge in [0.25, 0.3) is 0 Å². The first-order valence-electron chi connectivity index (χ1n) is 8.90. The molecule has 0 bridgehead atoms. The highest BCUT2D eigenvalue weighted by Crippen LogP contribution is 2.64. The van der Waals surface area contributed by atoms with E-state index in [4.69, 9.17) is 5.26 Å². The monoisotopic (exact) mass is 311 g/mol. The van der Waals surface area contributed by atoms with E-state index in [9.17, 15) is 10.2 Å². The summed E-state index contributed by atoms with van der Waals surface area (Å²) in [5.41, 5.74) is 1.81. The van der Waals surface area contributed by atoms with E-state index in [1.54, 1.807) is 0 Å². The van der Waals surface area contributed by atoms with Crippen molar-refractivity contribution in [3.8, 4) is 11.8 Å². The zero-order valence-corrected chi connectivity index (χ0v) is 13.8. The average Bonchev–Trinajstić information content (AvgIpc) is 2.79. The van der Waals surface area contributed by atoms with Crippen LogP contribution in [0.3, 0.4) is 0 Å². The summed E-state index contributed by atoms with van der Waals surface area (Å²) in [7, 11) is 0. The van der Waals surface area contributed by atoms with Gasteiger partial charge in [-0.25, -0.2) is 0 Å². The van der Waals surface area contributed by atoms with Gasteiger partial charge >= 0.3 is 0 Å². The van der Waals surface area contributed by atoms with E-state index in [0.29, 0.717) is 23.5 Å². The van der Waals surface area contributed by atoms with Gasteiger partial charge in [0, 0.05) is 5.41 Å². The van der Waals surface area contributed by atoms with Gasteiger partial charge < -0.3 is 10.2 Å². The van der Waals surface area contributed by atoms with Crippen LogP contribution in [0.15, 0.2) is 18.2 Å². The minimum absolute atomic E-state index is 0.113. The molecular formula is C20H25NO2. The van der Waals surface area contributed by atoms with Crippen molar-refractivity contribution in [1.29, 1.82) is 5.26 Å². The average molecular weight is 311 g/mol. The quantitative estimate of drug-likeness (QED) is 0.827. The molecule has 0 aliphatic heterocycles. The lowest BCUT2D eigenvalue weighted by Gasteiger charge is -2.53. The number of phenolic OH excluding ortho intramolecular Hbond substituents is 1. The van der Waals surface area contributed by atoms with Crippen LogP contribution in [0.1, 0.15) is 62.5 Å². The predicted octanol–water partition coefficient (Wildman–Crippen LogP) is 3.89. The summed E-state index contributed by atoms with van der Waals surface area (Å²) in [6.45, 7) is 2.23. The number of nitrogens with zero attached hydrogens (tertiary/aromatic N) is 1. The maximum atomic E-state index is 11.1. The Bertz CT molecular complexity index is 679. The van der Waals surface area contributed by atoms with Gasteiger partial charge in [-0.05, 0) is 79.5 Å². The Morgan fingerprint density at radius 3 is 2.87 bits per heavy atom. The number of phenols is 1. The second-order valence-electron chi connectivity index (χ2n) is 8.16. The topological polar surface area (TPSA) is 64.2 Å². The van der Waals surface area contributed by atoms with E-state index in [0.717, 1.165) is 38.5 Å². The van der Waals surface area contributed by atoms with Gasteiger partial charge in [0.2, 0.25) is 0 Å². The first-order chi connectivity index (χ1) is 11.0. The van der Waals surface area contributed by atoms with E-state index in [1.165, 1.54) is 11.1 Å². The molecule has 0 radical (unpaired) electrons. The highest BCUT2D eigenvalue weighted by molar-refractivity contribution is 5.40. The van der Waals surface area contributed by atoms with Gasteiger partial charge in [0.1, 0.15) is 5.75 Å². The second kappa shape index (κ2) is 4.98. The van der Waals surface area contributed by atoms with Crippen molar-refractivity contribution < 1.29 is 10.2 Å². The fraction of sp³-hybridized carbons (Fsp3) is 0.650. The third kappa shape index (κ3) is 1.97. The van der Waals surface area contributed by atoms with Crippen molar-refractivity contribution >= 4 is 0 Å². The molecule has 0 amide bonds. The van der Waals surface area contributed by atoms with Gasteiger partial charge in [-0.15, -0.1) is 0 Å². The zero-order chi connectivity index (χ0) is 16.2. The molecule has 2 fully saturated rings. The minimum Gasteiger partial charge on any atom is -0.508 e. The molecule has 3 nitrogen and oxygen atoms in total. The van der Waals surface area contributed by atoms with E-state index < -0.39 is 5.60 Å². The lowest BCUT2D eigenvalue weighted by atomic mass is 9.53. The number of nitriles is 1. The number of hydrogen-bond acceptors (Lipinski definition) is 3. The molecule has 3 aliphatic carbocycles. The molecule has 0 saturated heterocycles. The highest BCUT2D eigenvalue weighted by atomic mass is 16.3. The van der Waals surface area contributed by atoms with Crippen LogP contribution < -0.4 is 0 Å². The summed E-state index contributed by atoms with van der Waals surface area (Å²) in [5, 5.41) is 30.0. The van der Waals surface area contributed by atoms with Crippen LogP contribution in [0.5, 0.6) is 5.75 Å². The van der Waals surface area contributed by atoms with Crippen LogP contribution in [-0.2, 0) is 6.42 Å². The number of fused-ring (bicyclic) bond motifs is 5. The number of hydrogen-bond donors (Lipinski definition) is 2. The molecule has 1 aromatic carbocycles. The van der Waals surface area contributed by atoms with Crippen LogP contribution in [0.25, 0.3) is 0 Å². The van der Waals surface area contributed by atoms with Gasteiger partial charge in [-0.3, -0.25) is 0 Å². The van der Waals surface area contributed by atoms with Crippen molar-refractivity contribution in [1.82, 2.24) is 0 Å². The molecule has 1 aromatic rings. The van der Waals surface area contributed by atoms with Crippen molar-refractivity contribution in [2.24, 2.45) is 17.3 Å². The first kappa shape index (κ1) is 15.0. The Morgan fingerprint density at radius 1 is 1.26 bits per heavy atom. The molecule has 0 spiro atoms. The van der Waals surface area contributed by atoms with E-state index >= 15 is 0 Å². The number of rotatable bonds is 1. The van der Waals surface area contributed by atoms with Crippen molar-refractivity contribution in [2.45, 2.75) is 63.4 Å². The summed E-state index contributed by atoms with van der Waals surface area (Å²) in [6, 6.07) is 8.08. The first-order valence-corrected chi connectivity index (χ1v) is 8.90. The minimum atomic E-state index is -0.799. The van der Waals surface area contributed by atoms with Crippen molar-refractivity contribution in [3.63, 3.8) is 0 Å². The maximum absolute atomic E-state index is 11.1. The molecule has 23 heavy (non-hydrogen) atoms. The van der Waals surface area contributed by atoms with Crippen LogP contribution >= 0.6 is 0 Å². The molecule has 2 N–H and O–H groups in total. The molecule has 4 rings (SSSR count). The van der Waals surface area contributed by atoms with E-state index in [2.05, 4.69) is 19.1 Å². The molecule has 2 saturated carbocycles. The summed E-state index contributed by atoms with van der Waals surface area (Å²) < 4.78 is 0. The molecule has 5 unspecified atom stereocenters. The fourth-order valence-electron chi connectivity index (χ4n) is 6.10. The zero-order valence-electron chi connectivity index (χ0n) is 13.8. The number of aryl methyl sites for hydroxylation is 1. The lowest BCUT2D eigenvalue weighted by molar-refractivity contribution is -0.0992. The summed E-state index contributed by atoms with van der Waals surface area (Å²) in [6.07, 6.45) is 6.33. The van der Waals surface area contributed by atoms with Gasteiger partial charge in [-0.2, -0.15) is 5.26 Å². The molecule has 0 aromatic heterocycles. The summed E-state index contributed by atoms with van der Waals surface area (Å²) >= 11 is 0. The van der Waals surface area contributed by atoms with Crippen molar-refractivity contribution in [3.05, 3.63) is 29.3 Å². The fourth-order valence-corrected chi connectivity index (χ4v) is 6.10.